The highest BCUT2D eigenvalue weighted by atomic mass is 19.4. The first kappa shape index (κ1) is 20.9. The molecule has 30 heavy (non-hydrogen) atoms. The first-order chi connectivity index (χ1) is 14.4. The summed E-state index contributed by atoms with van der Waals surface area (Å²) in [6.45, 7) is 0. The molecule has 0 N–H and O–H groups in total. The largest absolute Gasteiger partial charge is 0.465 e. The number of carbonyl (C=O) groups excluding carboxylic acids is 1. The van der Waals surface area contributed by atoms with Gasteiger partial charge in [0, 0.05) is 5.56 Å². The molecule has 0 saturated carbocycles. The summed E-state index contributed by atoms with van der Waals surface area (Å²) >= 11 is 0. The lowest BCUT2D eigenvalue weighted by molar-refractivity contribution is -0.137. The number of rotatable bonds is 3. The minimum absolute atomic E-state index is 0.408. The summed E-state index contributed by atoms with van der Waals surface area (Å²) in [6.07, 6.45) is -0.872. The van der Waals surface area contributed by atoms with Gasteiger partial charge in [-0.15, -0.1) is 0 Å². The first-order valence-corrected chi connectivity index (χ1v) is 9.01. The quantitative estimate of drug-likeness (QED) is 0.381. The van der Waals surface area contributed by atoms with Crippen LogP contribution in [0.1, 0.15) is 27.0 Å². The second-order valence-corrected chi connectivity index (χ2v) is 6.33. The zero-order chi connectivity index (χ0) is 21.6. The Hall–Kier alpha value is -3.78. The predicted octanol–water partition coefficient (Wildman–Crippen LogP) is 6.22. The van der Waals surface area contributed by atoms with Crippen molar-refractivity contribution in [3.05, 3.63) is 101 Å². The number of methoxy groups -OCH3 is 1. The Morgan fingerprint density at radius 2 is 1.60 bits per heavy atom. The number of hydrogen-bond acceptors (Lipinski definition) is 2. The highest BCUT2D eigenvalue weighted by Gasteiger charge is 2.29. The van der Waals surface area contributed by atoms with Crippen LogP contribution in [0.25, 0.3) is 17.2 Å². The maximum atomic E-state index is 12.8. The highest BCUT2D eigenvalue weighted by molar-refractivity contribution is 5.89. The zero-order valence-electron chi connectivity index (χ0n) is 16.0. The molecule has 0 amide bonds. The van der Waals surface area contributed by atoms with Gasteiger partial charge in [-0.2, -0.15) is 13.2 Å². The van der Waals surface area contributed by atoms with E-state index in [0.29, 0.717) is 11.1 Å². The van der Waals surface area contributed by atoms with Crippen LogP contribution in [0.5, 0.6) is 0 Å². The van der Waals surface area contributed by atoms with Crippen LogP contribution < -0.4 is 0 Å². The van der Waals surface area contributed by atoms with Crippen molar-refractivity contribution in [3.63, 3.8) is 0 Å². The van der Waals surface area contributed by atoms with E-state index in [1.54, 1.807) is 30.3 Å². The minimum atomic E-state index is -4.36. The number of esters is 1. The maximum absolute atomic E-state index is 12.8. The molecule has 0 atom stereocenters. The topological polar surface area (TPSA) is 26.3 Å². The summed E-state index contributed by atoms with van der Waals surface area (Å²) in [5.41, 5.74) is 2.85. The Morgan fingerprint density at radius 1 is 0.933 bits per heavy atom. The number of alkyl halides is 3. The molecule has 0 aromatic heterocycles. The van der Waals surface area contributed by atoms with E-state index in [1.165, 1.54) is 19.2 Å². The molecule has 0 aliphatic carbocycles. The van der Waals surface area contributed by atoms with Crippen LogP contribution in [0, 0.1) is 11.8 Å². The van der Waals surface area contributed by atoms with E-state index in [0.717, 1.165) is 28.8 Å². The molecule has 0 aliphatic rings. The number of carbonyl (C=O) groups is 1. The number of ether oxygens (including phenoxy) is 1. The smallest absolute Gasteiger partial charge is 0.416 e. The fourth-order valence-corrected chi connectivity index (χ4v) is 2.81. The Bertz CT molecular complexity index is 1110. The number of allylic oxidation sites excluding steroid dienone is 1. The lowest BCUT2D eigenvalue weighted by atomic mass is 9.98. The first-order valence-electron chi connectivity index (χ1n) is 9.01. The molecule has 3 aromatic rings. The number of hydrogen-bond donors (Lipinski definition) is 0. The molecule has 0 bridgehead atoms. The van der Waals surface area contributed by atoms with Gasteiger partial charge < -0.3 is 4.74 Å². The van der Waals surface area contributed by atoms with E-state index in [-0.39, 0.29) is 0 Å². The maximum Gasteiger partial charge on any atom is 0.416 e. The van der Waals surface area contributed by atoms with Gasteiger partial charge in [-0.25, -0.2) is 4.79 Å². The van der Waals surface area contributed by atoms with Crippen molar-refractivity contribution in [2.24, 2.45) is 0 Å². The zero-order valence-corrected chi connectivity index (χ0v) is 16.0. The van der Waals surface area contributed by atoms with Gasteiger partial charge in [-0.1, -0.05) is 48.2 Å². The van der Waals surface area contributed by atoms with E-state index < -0.39 is 17.7 Å². The van der Waals surface area contributed by atoms with Gasteiger partial charge in [0.15, 0.2) is 0 Å². The van der Waals surface area contributed by atoms with E-state index >= 15 is 0 Å². The van der Waals surface area contributed by atoms with Crippen molar-refractivity contribution in [1.29, 1.82) is 0 Å². The van der Waals surface area contributed by atoms with Crippen molar-refractivity contribution in [2.45, 2.75) is 6.18 Å². The van der Waals surface area contributed by atoms with Crippen molar-refractivity contribution < 1.29 is 22.7 Å². The van der Waals surface area contributed by atoms with Gasteiger partial charge in [0.05, 0.1) is 18.2 Å². The van der Waals surface area contributed by atoms with Crippen LogP contribution in [0.4, 0.5) is 13.2 Å². The van der Waals surface area contributed by atoms with E-state index in [4.69, 9.17) is 0 Å². The van der Waals surface area contributed by atoms with Crippen LogP contribution in [0.3, 0.4) is 0 Å². The lowest BCUT2D eigenvalue weighted by Crippen LogP contribution is -2.04. The SMILES string of the molecule is COC(=O)c1ccc(C#CC=Cc2ccccc2-c2ccc(C(F)(F)F)cc2)cc1. The van der Waals surface area contributed by atoms with Crippen LogP contribution in [0.2, 0.25) is 0 Å². The Morgan fingerprint density at radius 3 is 2.23 bits per heavy atom. The molecule has 0 spiro atoms. The van der Waals surface area contributed by atoms with Crippen LogP contribution in [-0.2, 0) is 10.9 Å². The molecule has 3 rings (SSSR count). The summed E-state index contributed by atoms with van der Waals surface area (Å²) in [5, 5.41) is 0. The summed E-state index contributed by atoms with van der Waals surface area (Å²) < 4.78 is 43.0. The third-order valence-corrected chi connectivity index (χ3v) is 4.35. The van der Waals surface area contributed by atoms with Gasteiger partial charge in [0.1, 0.15) is 0 Å². The Balaban J connectivity index is 1.78. The molecular weight excluding hydrogens is 389 g/mol. The Labute approximate surface area is 172 Å². The average molecular weight is 406 g/mol. The van der Waals surface area contributed by atoms with Gasteiger partial charge in [-0.3, -0.25) is 0 Å². The van der Waals surface area contributed by atoms with Crippen molar-refractivity contribution in [1.82, 2.24) is 0 Å². The van der Waals surface area contributed by atoms with Gasteiger partial charge in [0.25, 0.3) is 0 Å². The van der Waals surface area contributed by atoms with E-state index in [2.05, 4.69) is 16.6 Å². The molecule has 5 heteroatoms. The van der Waals surface area contributed by atoms with Crippen LogP contribution in [0.15, 0.2) is 78.9 Å². The molecule has 0 heterocycles. The fraction of sp³-hybridized carbons (Fsp3) is 0.0800. The standard InChI is InChI=1S/C25H17F3O2/c1-30-24(29)21-12-10-18(11-13-21)6-2-3-7-19-8-4-5-9-23(19)20-14-16-22(17-15-20)25(26,27)28/h3-5,7-17H,1H3. The lowest BCUT2D eigenvalue weighted by Gasteiger charge is -2.09. The Kier molecular flexibility index (Phi) is 6.38. The van der Waals surface area contributed by atoms with Crippen molar-refractivity contribution >= 4 is 12.0 Å². The van der Waals surface area contributed by atoms with E-state index in [9.17, 15) is 18.0 Å². The number of halogens is 3. The van der Waals surface area contributed by atoms with E-state index in [1.807, 2.05) is 30.3 Å². The third kappa shape index (κ3) is 5.18. The second-order valence-electron chi connectivity index (χ2n) is 6.33. The fourth-order valence-electron chi connectivity index (χ4n) is 2.81. The molecule has 0 saturated heterocycles. The molecule has 0 unspecified atom stereocenters. The van der Waals surface area contributed by atoms with Gasteiger partial charge in [-0.05, 0) is 65.2 Å². The van der Waals surface area contributed by atoms with Crippen LogP contribution >= 0.6 is 0 Å². The predicted molar refractivity (Wildman–Crippen MR) is 111 cm³/mol. The molecule has 0 radical (unpaired) electrons. The third-order valence-electron chi connectivity index (χ3n) is 4.35. The monoisotopic (exact) mass is 406 g/mol. The van der Waals surface area contributed by atoms with Gasteiger partial charge >= 0.3 is 12.1 Å². The summed E-state index contributed by atoms with van der Waals surface area (Å²) in [4.78, 5) is 11.4. The molecule has 2 nitrogen and oxygen atoms in total. The molecule has 3 aromatic carbocycles. The minimum Gasteiger partial charge on any atom is -0.465 e. The molecule has 150 valence electrons. The molecular formula is C25H17F3O2. The highest BCUT2D eigenvalue weighted by Crippen LogP contribution is 2.32. The van der Waals surface area contributed by atoms with Crippen molar-refractivity contribution in [3.8, 4) is 23.0 Å². The van der Waals surface area contributed by atoms with Crippen molar-refractivity contribution in [2.75, 3.05) is 7.11 Å². The van der Waals surface area contributed by atoms with Gasteiger partial charge in [0.2, 0.25) is 0 Å². The van der Waals surface area contributed by atoms with Crippen LogP contribution in [-0.4, -0.2) is 13.1 Å². The number of benzene rings is 3. The molecule has 0 aliphatic heterocycles. The summed E-state index contributed by atoms with van der Waals surface area (Å²) in [6, 6.07) is 19.2. The average Bonchev–Trinajstić information content (AvgIpc) is 2.76. The second kappa shape index (κ2) is 9.15. The molecule has 0 fully saturated rings. The normalized spacial score (nSPS) is 11.1. The summed E-state index contributed by atoms with van der Waals surface area (Å²) in [7, 11) is 1.32. The summed E-state index contributed by atoms with van der Waals surface area (Å²) in [5.74, 6) is 5.49.